The number of rotatable bonds is 4. The molecule has 1 unspecified atom stereocenters. The van der Waals surface area contributed by atoms with Gasteiger partial charge in [0, 0.05) is 6.54 Å². The number of sulfonamides is 1. The molecule has 2 rings (SSSR count). The summed E-state index contributed by atoms with van der Waals surface area (Å²) in [4.78, 5) is 19.2. The third kappa shape index (κ3) is 3.50. The molecule has 0 radical (unpaired) electrons. The number of piperidine rings is 1. The van der Waals surface area contributed by atoms with Crippen LogP contribution in [-0.4, -0.2) is 47.9 Å². The van der Waals surface area contributed by atoms with Gasteiger partial charge in [-0.2, -0.15) is 4.31 Å². The van der Waals surface area contributed by atoms with E-state index < -0.39 is 22.0 Å². The van der Waals surface area contributed by atoms with E-state index in [1.54, 1.807) is 6.92 Å². The fraction of sp³-hybridized carbons (Fsp3) is 0.583. The number of carbonyl (C=O) groups excluding carboxylic acids is 1. The highest BCUT2D eigenvalue weighted by atomic mass is 35.5. The molecule has 1 aliphatic rings. The smallest absolute Gasteiger partial charge is 0.324 e. The molecule has 1 saturated heterocycles. The lowest BCUT2D eigenvalue weighted by molar-refractivity contribution is -0.148. The van der Waals surface area contributed by atoms with Gasteiger partial charge in [-0.25, -0.2) is 18.4 Å². The van der Waals surface area contributed by atoms with Gasteiger partial charge >= 0.3 is 5.97 Å². The summed E-state index contributed by atoms with van der Waals surface area (Å²) in [7, 11) is -3.84. The van der Waals surface area contributed by atoms with Gasteiger partial charge < -0.3 is 4.74 Å². The number of hydrogen-bond donors (Lipinski definition) is 0. The average Bonchev–Trinajstić information content (AvgIpc) is 2.48. The van der Waals surface area contributed by atoms with Crippen molar-refractivity contribution in [1.29, 1.82) is 0 Å². The maximum absolute atomic E-state index is 12.6. The van der Waals surface area contributed by atoms with Crippen LogP contribution in [0, 0.1) is 0 Å². The van der Waals surface area contributed by atoms with Gasteiger partial charge in [0.2, 0.25) is 15.3 Å². The van der Waals surface area contributed by atoms with Gasteiger partial charge in [0.25, 0.3) is 0 Å². The predicted molar refractivity (Wildman–Crippen MR) is 75.2 cm³/mol. The largest absolute Gasteiger partial charge is 0.465 e. The van der Waals surface area contributed by atoms with Gasteiger partial charge in [0.05, 0.1) is 19.0 Å². The van der Waals surface area contributed by atoms with Crippen LogP contribution in [0.15, 0.2) is 17.3 Å². The average molecular weight is 334 g/mol. The summed E-state index contributed by atoms with van der Waals surface area (Å²) in [5.74, 6) is -0.518. The fourth-order valence-corrected chi connectivity index (χ4v) is 3.87. The summed E-state index contributed by atoms with van der Waals surface area (Å²) < 4.78 is 31.4. The number of halogens is 1. The maximum Gasteiger partial charge on any atom is 0.324 e. The molecular formula is C12H16ClN3O4S. The Labute approximate surface area is 128 Å². The Kier molecular flexibility index (Phi) is 5.13. The van der Waals surface area contributed by atoms with E-state index in [1.165, 1.54) is 4.31 Å². The Morgan fingerprint density at radius 2 is 2.10 bits per heavy atom. The molecule has 0 aromatic carbocycles. The highest BCUT2D eigenvalue weighted by Crippen LogP contribution is 2.25. The minimum Gasteiger partial charge on any atom is -0.465 e. The highest BCUT2D eigenvalue weighted by Gasteiger charge is 2.38. The van der Waals surface area contributed by atoms with Gasteiger partial charge in [-0.3, -0.25) is 4.79 Å². The molecule has 0 saturated carbocycles. The second kappa shape index (κ2) is 6.67. The first-order chi connectivity index (χ1) is 9.96. The Morgan fingerprint density at radius 3 is 2.71 bits per heavy atom. The van der Waals surface area contributed by atoms with Crippen LogP contribution in [0.3, 0.4) is 0 Å². The van der Waals surface area contributed by atoms with Crippen LogP contribution >= 0.6 is 11.6 Å². The Bertz CT molecular complexity index is 605. The van der Waals surface area contributed by atoms with Crippen molar-refractivity contribution in [2.45, 2.75) is 37.1 Å². The van der Waals surface area contributed by atoms with Crippen molar-refractivity contribution in [3.05, 3.63) is 17.7 Å². The lowest BCUT2D eigenvalue weighted by Crippen LogP contribution is -2.48. The molecule has 1 fully saturated rings. The molecule has 0 bridgehead atoms. The first kappa shape index (κ1) is 16.1. The molecule has 0 N–H and O–H groups in total. The van der Waals surface area contributed by atoms with E-state index in [9.17, 15) is 13.2 Å². The van der Waals surface area contributed by atoms with Crippen LogP contribution in [0.4, 0.5) is 0 Å². The Balaban J connectivity index is 2.31. The normalized spacial score (nSPS) is 20.2. The topological polar surface area (TPSA) is 89.5 Å². The van der Waals surface area contributed by atoms with Crippen molar-refractivity contribution in [3.63, 3.8) is 0 Å². The van der Waals surface area contributed by atoms with Crippen LogP contribution in [0.2, 0.25) is 5.28 Å². The second-order valence-corrected chi connectivity index (χ2v) is 6.80. The summed E-state index contributed by atoms with van der Waals surface area (Å²) in [6.07, 6.45) is 4.21. The summed E-state index contributed by atoms with van der Waals surface area (Å²) >= 11 is 5.56. The first-order valence-electron chi connectivity index (χ1n) is 6.63. The number of ether oxygens (including phenoxy) is 1. The Morgan fingerprint density at radius 1 is 1.43 bits per heavy atom. The van der Waals surface area contributed by atoms with E-state index in [1.807, 2.05) is 0 Å². The molecule has 7 nitrogen and oxygen atoms in total. The standard InChI is InChI=1S/C12H16ClN3O4S/c1-2-20-11(17)10-5-3-4-6-16(10)21(18,19)9-7-14-12(13)15-8-9/h7-8,10H,2-6H2,1H3. The third-order valence-corrected chi connectivity index (χ3v) is 5.27. The van der Waals surface area contributed by atoms with Crippen molar-refractivity contribution in [2.24, 2.45) is 0 Å². The molecule has 1 aromatic heterocycles. The predicted octanol–water partition coefficient (Wildman–Crippen LogP) is 1.24. The zero-order valence-corrected chi connectivity index (χ0v) is 13.1. The van der Waals surface area contributed by atoms with Crippen LogP contribution in [0.1, 0.15) is 26.2 Å². The van der Waals surface area contributed by atoms with Crippen molar-refractivity contribution in [1.82, 2.24) is 14.3 Å². The van der Waals surface area contributed by atoms with Crippen LogP contribution in [0.5, 0.6) is 0 Å². The fourth-order valence-electron chi connectivity index (χ4n) is 2.24. The molecule has 116 valence electrons. The maximum atomic E-state index is 12.6. The second-order valence-electron chi connectivity index (χ2n) is 4.57. The van der Waals surface area contributed by atoms with Crippen molar-refractivity contribution >= 4 is 27.6 Å². The molecule has 0 amide bonds. The van der Waals surface area contributed by atoms with E-state index in [-0.39, 0.29) is 23.3 Å². The van der Waals surface area contributed by atoms with Gasteiger partial charge in [-0.05, 0) is 37.8 Å². The van der Waals surface area contributed by atoms with E-state index in [0.717, 1.165) is 18.8 Å². The van der Waals surface area contributed by atoms with E-state index in [2.05, 4.69) is 9.97 Å². The van der Waals surface area contributed by atoms with E-state index in [0.29, 0.717) is 12.8 Å². The molecule has 0 spiro atoms. The first-order valence-corrected chi connectivity index (χ1v) is 8.44. The minimum absolute atomic E-state index is 0.0328. The van der Waals surface area contributed by atoms with Crippen LogP contribution in [0.25, 0.3) is 0 Å². The van der Waals surface area contributed by atoms with Crippen molar-refractivity contribution in [3.8, 4) is 0 Å². The van der Waals surface area contributed by atoms with Crippen LogP contribution < -0.4 is 0 Å². The zero-order valence-electron chi connectivity index (χ0n) is 11.5. The SMILES string of the molecule is CCOC(=O)C1CCCCN1S(=O)(=O)c1cnc(Cl)nc1. The van der Waals surface area contributed by atoms with E-state index >= 15 is 0 Å². The molecule has 1 aliphatic heterocycles. The van der Waals surface area contributed by atoms with Gasteiger partial charge in [-0.1, -0.05) is 0 Å². The van der Waals surface area contributed by atoms with Crippen molar-refractivity contribution < 1.29 is 17.9 Å². The van der Waals surface area contributed by atoms with Crippen molar-refractivity contribution in [2.75, 3.05) is 13.2 Å². The number of hydrogen-bond acceptors (Lipinski definition) is 6. The molecule has 9 heteroatoms. The molecular weight excluding hydrogens is 318 g/mol. The molecule has 1 atom stereocenters. The van der Waals surface area contributed by atoms with Crippen LogP contribution in [-0.2, 0) is 19.6 Å². The summed E-state index contributed by atoms with van der Waals surface area (Å²) in [6, 6.07) is -0.792. The number of nitrogens with zero attached hydrogens (tertiary/aromatic N) is 3. The number of carbonyl (C=O) groups is 1. The lowest BCUT2D eigenvalue weighted by Gasteiger charge is -2.32. The van der Waals surface area contributed by atoms with Gasteiger partial charge in [0.15, 0.2) is 0 Å². The number of aromatic nitrogens is 2. The highest BCUT2D eigenvalue weighted by molar-refractivity contribution is 7.89. The third-order valence-electron chi connectivity index (χ3n) is 3.22. The van der Waals surface area contributed by atoms with Gasteiger partial charge in [0.1, 0.15) is 10.9 Å². The lowest BCUT2D eigenvalue weighted by atomic mass is 10.1. The monoisotopic (exact) mass is 333 g/mol. The quantitative estimate of drug-likeness (QED) is 0.608. The summed E-state index contributed by atoms with van der Waals surface area (Å²) in [5, 5.41) is -0.0328. The zero-order chi connectivity index (χ0) is 15.5. The molecule has 1 aromatic rings. The Hall–Kier alpha value is -1.25. The number of esters is 1. The molecule has 2 heterocycles. The van der Waals surface area contributed by atoms with E-state index in [4.69, 9.17) is 16.3 Å². The molecule has 21 heavy (non-hydrogen) atoms. The summed E-state index contributed by atoms with van der Waals surface area (Å²) in [5.41, 5.74) is 0. The molecule has 0 aliphatic carbocycles. The summed E-state index contributed by atoms with van der Waals surface area (Å²) in [6.45, 7) is 2.17. The minimum atomic E-state index is -3.84. The van der Waals surface area contributed by atoms with Gasteiger partial charge in [-0.15, -0.1) is 0 Å².